The van der Waals surface area contributed by atoms with Crippen LogP contribution in [-0.2, 0) is 0 Å². The molecular weight excluding hydrogens is 238 g/mol. The number of methoxy groups -OCH3 is 1. The average molecular weight is 261 g/mol. The van der Waals surface area contributed by atoms with E-state index < -0.39 is 0 Å². The van der Waals surface area contributed by atoms with Gasteiger partial charge in [0.25, 0.3) is 0 Å². The Bertz CT molecular complexity index is 407. The van der Waals surface area contributed by atoms with Crippen LogP contribution in [0.1, 0.15) is 32.1 Å². The van der Waals surface area contributed by atoms with E-state index in [4.69, 9.17) is 9.47 Å². The second-order valence-corrected chi connectivity index (χ2v) is 5.93. The Morgan fingerprint density at radius 1 is 1.16 bits per heavy atom. The van der Waals surface area contributed by atoms with Crippen molar-refractivity contribution in [3.05, 3.63) is 24.3 Å². The third-order valence-electron chi connectivity index (χ3n) is 4.26. The molecule has 3 heteroatoms. The standard InChI is InChI=1S/C16H23NO2/c1-18-14-4-6-15(7-5-14)19-11-10-16(8-9-16)12-17-13-2-3-13/h4-7,13,17H,2-3,8-12H2,1H3. The van der Waals surface area contributed by atoms with Gasteiger partial charge in [0.05, 0.1) is 13.7 Å². The minimum atomic E-state index is 0.537. The maximum atomic E-state index is 5.82. The fraction of sp³-hybridized carbons (Fsp3) is 0.625. The SMILES string of the molecule is COc1ccc(OCCC2(CNC3CC3)CC2)cc1. The summed E-state index contributed by atoms with van der Waals surface area (Å²) in [6.45, 7) is 2.00. The quantitative estimate of drug-likeness (QED) is 0.780. The van der Waals surface area contributed by atoms with E-state index in [1.165, 1.54) is 38.6 Å². The molecule has 0 bridgehead atoms. The average Bonchev–Trinajstić information content (AvgIpc) is 3.33. The molecule has 0 heterocycles. The lowest BCUT2D eigenvalue weighted by atomic mass is 10.0. The second-order valence-electron chi connectivity index (χ2n) is 5.93. The molecular formula is C16H23NO2. The molecule has 0 amide bonds. The first-order valence-electron chi connectivity index (χ1n) is 7.30. The van der Waals surface area contributed by atoms with E-state index in [9.17, 15) is 0 Å². The Balaban J connectivity index is 1.39. The molecule has 2 fully saturated rings. The Morgan fingerprint density at radius 2 is 1.84 bits per heavy atom. The van der Waals surface area contributed by atoms with Gasteiger partial charge in [-0.1, -0.05) is 0 Å². The van der Waals surface area contributed by atoms with Crippen molar-refractivity contribution in [2.24, 2.45) is 5.41 Å². The van der Waals surface area contributed by atoms with E-state index in [1.54, 1.807) is 7.11 Å². The van der Waals surface area contributed by atoms with Crippen LogP contribution in [0.2, 0.25) is 0 Å². The molecule has 0 saturated heterocycles. The summed E-state index contributed by atoms with van der Waals surface area (Å²) in [5.74, 6) is 1.81. The van der Waals surface area contributed by atoms with E-state index in [0.717, 1.165) is 24.1 Å². The van der Waals surface area contributed by atoms with Crippen LogP contribution in [0.5, 0.6) is 11.5 Å². The summed E-state index contributed by atoms with van der Waals surface area (Å²) in [4.78, 5) is 0. The minimum Gasteiger partial charge on any atom is -0.497 e. The van der Waals surface area contributed by atoms with Gasteiger partial charge in [-0.15, -0.1) is 0 Å². The Morgan fingerprint density at radius 3 is 2.42 bits per heavy atom. The van der Waals surface area contributed by atoms with Crippen LogP contribution < -0.4 is 14.8 Å². The zero-order valence-corrected chi connectivity index (χ0v) is 11.7. The Hall–Kier alpha value is -1.22. The molecule has 2 aliphatic carbocycles. The smallest absolute Gasteiger partial charge is 0.119 e. The molecule has 0 unspecified atom stereocenters. The summed E-state index contributed by atoms with van der Waals surface area (Å²) in [6.07, 6.45) is 6.63. The van der Waals surface area contributed by atoms with Gasteiger partial charge in [-0.3, -0.25) is 0 Å². The fourth-order valence-electron chi connectivity index (χ4n) is 2.40. The van der Waals surface area contributed by atoms with E-state index in [0.29, 0.717) is 5.41 Å². The van der Waals surface area contributed by atoms with Gasteiger partial charge in [0.15, 0.2) is 0 Å². The molecule has 1 aromatic carbocycles. The highest BCUT2D eigenvalue weighted by Gasteiger charge is 2.42. The van der Waals surface area contributed by atoms with Crippen molar-refractivity contribution < 1.29 is 9.47 Å². The van der Waals surface area contributed by atoms with Crippen molar-refractivity contribution in [2.45, 2.75) is 38.1 Å². The van der Waals surface area contributed by atoms with Crippen LogP contribution in [0.3, 0.4) is 0 Å². The summed E-state index contributed by atoms with van der Waals surface area (Å²) in [6, 6.07) is 8.65. The van der Waals surface area contributed by atoms with Gasteiger partial charge in [0, 0.05) is 12.6 Å². The maximum absolute atomic E-state index is 5.82. The van der Waals surface area contributed by atoms with E-state index in [1.807, 2.05) is 24.3 Å². The van der Waals surface area contributed by atoms with Gasteiger partial charge >= 0.3 is 0 Å². The number of nitrogens with one attached hydrogen (secondary N) is 1. The molecule has 0 radical (unpaired) electrons. The number of ether oxygens (including phenoxy) is 2. The van der Waals surface area contributed by atoms with Crippen LogP contribution in [0.4, 0.5) is 0 Å². The highest BCUT2D eigenvalue weighted by Crippen LogP contribution is 2.48. The monoisotopic (exact) mass is 261 g/mol. The van der Waals surface area contributed by atoms with Crippen molar-refractivity contribution in [1.29, 1.82) is 0 Å². The van der Waals surface area contributed by atoms with Gasteiger partial charge < -0.3 is 14.8 Å². The van der Waals surface area contributed by atoms with Gasteiger partial charge in [-0.05, 0) is 61.8 Å². The van der Waals surface area contributed by atoms with Crippen molar-refractivity contribution in [2.75, 3.05) is 20.3 Å². The molecule has 3 nitrogen and oxygen atoms in total. The Labute approximate surface area is 115 Å². The third kappa shape index (κ3) is 3.63. The van der Waals surface area contributed by atoms with Gasteiger partial charge in [0.2, 0.25) is 0 Å². The second kappa shape index (κ2) is 5.41. The number of benzene rings is 1. The zero-order chi connectivity index (χ0) is 13.1. The lowest BCUT2D eigenvalue weighted by Crippen LogP contribution is -2.27. The summed E-state index contributed by atoms with van der Waals surface area (Å²) >= 11 is 0. The van der Waals surface area contributed by atoms with Crippen molar-refractivity contribution >= 4 is 0 Å². The molecule has 104 valence electrons. The van der Waals surface area contributed by atoms with Gasteiger partial charge in [0.1, 0.15) is 11.5 Å². The summed E-state index contributed by atoms with van der Waals surface area (Å²) in [7, 11) is 1.68. The molecule has 2 aliphatic rings. The highest BCUT2D eigenvalue weighted by atomic mass is 16.5. The Kier molecular flexibility index (Phi) is 3.65. The summed E-state index contributed by atoms with van der Waals surface area (Å²) in [5.41, 5.74) is 0.537. The predicted molar refractivity (Wildman–Crippen MR) is 75.8 cm³/mol. The molecule has 1 N–H and O–H groups in total. The van der Waals surface area contributed by atoms with Crippen molar-refractivity contribution in [3.8, 4) is 11.5 Å². The van der Waals surface area contributed by atoms with Gasteiger partial charge in [-0.2, -0.15) is 0 Å². The number of hydrogen-bond donors (Lipinski definition) is 1. The fourth-order valence-corrected chi connectivity index (χ4v) is 2.40. The van der Waals surface area contributed by atoms with Crippen LogP contribution in [0.15, 0.2) is 24.3 Å². The summed E-state index contributed by atoms with van der Waals surface area (Å²) in [5, 5.41) is 3.65. The molecule has 0 spiro atoms. The molecule has 0 aliphatic heterocycles. The molecule has 19 heavy (non-hydrogen) atoms. The largest absolute Gasteiger partial charge is 0.497 e. The van der Waals surface area contributed by atoms with Crippen LogP contribution in [0.25, 0.3) is 0 Å². The lowest BCUT2D eigenvalue weighted by Gasteiger charge is -2.16. The lowest BCUT2D eigenvalue weighted by molar-refractivity contribution is 0.264. The van der Waals surface area contributed by atoms with E-state index in [2.05, 4.69) is 5.32 Å². The topological polar surface area (TPSA) is 30.5 Å². The van der Waals surface area contributed by atoms with Gasteiger partial charge in [-0.25, -0.2) is 0 Å². The highest BCUT2D eigenvalue weighted by molar-refractivity contribution is 5.31. The zero-order valence-electron chi connectivity index (χ0n) is 11.7. The van der Waals surface area contributed by atoms with Crippen molar-refractivity contribution in [3.63, 3.8) is 0 Å². The van der Waals surface area contributed by atoms with Crippen LogP contribution >= 0.6 is 0 Å². The first kappa shape index (κ1) is 12.8. The maximum Gasteiger partial charge on any atom is 0.119 e. The summed E-state index contributed by atoms with van der Waals surface area (Å²) < 4.78 is 11.0. The molecule has 3 rings (SSSR count). The van der Waals surface area contributed by atoms with E-state index >= 15 is 0 Å². The molecule has 1 aromatic rings. The van der Waals surface area contributed by atoms with E-state index in [-0.39, 0.29) is 0 Å². The first-order valence-corrected chi connectivity index (χ1v) is 7.30. The predicted octanol–water partition coefficient (Wildman–Crippen LogP) is 3.00. The number of rotatable bonds is 8. The third-order valence-corrected chi connectivity index (χ3v) is 4.26. The van der Waals surface area contributed by atoms with Crippen LogP contribution in [0, 0.1) is 5.41 Å². The first-order chi connectivity index (χ1) is 9.30. The molecule has 2 saturated carbocycles. The minimum absolute atomic E-state index is 0.537. The van der Waals surface area contributed by atoms with Crippen LogP contribution in [-0.4, -0.2) is 26.3 Å². The number of hydrogen-bond acceptors (Lipinski definition) is 3. The normalized spacial score (nSPS) is 20.1. The van der Waals surface area contributed by atoms with Crippen molar-refractivity contribution in [1.82, 2.24) is 5.32 Å². The molecule has 0 atom stereocenters. The molecule has 0 aromatic heterocycles.